The second-order valence-electron chi connectivity index (χ2n) is 15.8. The Labute approximate surface area is 362 Å². The van der Waals surface area contributed by atoms with Crippen molar-refractivity contribution >= 4 is 34.5 Å². The molecule has 8 heteroatoms. The highest BCUT2D eigenvalue weighted by Crippen LogP contribution is 2.38. The molecule has 7 rings (SSSR count). The number of rotatable bonds is 14. The third-order valence-electron chi connectivity index (χ3n) is 12.1. The van der Waals surface area contributed by atoms with E-state index in [0.29, 0.717) is 39.5 Å². The minimum absolute atomic E-state index is 0.128. The molecule has 0 bridgehead atoms. The Hall–Kier alpha value is -7.32. The summed E-state index contributed by atoms with van der Waals surface area (Å²) in [6, 6.07) is 47.5. The number of ketones is 1. The van der Waals surface area contributed by atoms with Gasteiger partial charge in [-0.15, -0.1) is 0 Å². The molecule has 0 spiro atoms. The number of carbonyl (C=O) groups excluding carboxylic acids is 4. The number of ether oxygens (including phenoxy) is 4. The molecule has 0 saturated carbocycles. The molecule has 0 aliphatic heterocycles. The summed E-state index contributed by atoms with van der Waals surface area (Å²) in [4.78, 5) is 51.1. The van der Waals surface area contributed by atoms with E-state index in [4.69, 9.17) is 18.9 Å². The predicted molar refractivity (Wildman–Crippen MR) is 241 cm³/mol. The van der Waals surface area contributed by atoms with Crippen molar-refractivity contribution in [2.45, 2.75) is 58.3 Å². The molecule has 0 radical (unpaired) electrons. The largest absolute Gasteiger partial charge is 0.497 e. The average molecular weight is 825 g/mol. The van der Waals surface area contributed by atoms with Crippen molar-refractivity contribution in [2.24, 2.45) is 0 Å². The molecule has 0 N–H and O–H groups in total. The molecule has 0 fully saturated rings. The maximum atomic E-state index is 13.3. The zero-order valence-corrected chi connectivity index (χ0v) is 35.7. The van der Waals surface area contributed by atoms with Crippen molar-refractivity contribution in [3.8, 4) is 23.0 Å². The summed E-state index contributed by atoms with van der Waals surface area (Å²) >= 11 is 0. The first-order valence-corrected chi connectivity index (χ1v) is 20.6. The van der Waals surface area contributed by atoms with E-state index in [1.807, 2.05) is 60.7 Å². The van der Waals surface area contributed by atoms with E-state index < -0.39 is 17.9 Å². The monoisotopic (exact) mass is 824 g/mol. The standard InChI is InChI=1S/C54H48O8/c1-7-53(4,42-16-24-46(59-6)25-17-42)43-20-28-48(29-21-43)61-51(57)40-14-12-38-34-41(15-13-37(38)33-40)52(58)62-49-30-22-45(23-31-49)54(5,8-2)44-18-26-47(27-19-44)60-50(56)39-11-9-10-36(32-39)35(3)55/h9-34H,7-8H2,1-6H3. The van der Waals surface area contributed by atoms with Crippen LogP contribution in [0.15, 0.2) is 158 Å². The summed E-state index contributed by atoms with van der Waals surface area (Å²) in [5, 5.41) is 1.55. The first-order chi connectivity index (χ1) is 29.8. The summed E-state index contributed by atoms with van der Waals surface area (Å²) in [7, 11) is 1.65. The van der Waals surface area contributed by atoms with Crippen LogP contribution in [-0.2, 0) is 10.8 Å². The van der Waals surface area contributed by atoms with E-state index in [0.717, 1.165) is 46.1 Å². The fourth-order valence-corrected chi connectivity index (χ4v) is 7.64. The quantitative estimate of drug-likeness (QED) is 0.0606. The van der Waals surface area contributed by atoms with Gasteiger partial charge in [0.05, 0.1) is 23.8 Å². The van der Waals surface area contributed by atoms with Crippen LogP contribution < -0.4 is 18.9 Å². The van der Waals surface area contributed by atoms with Gasteiger partial charge in [-0.25, -0.2) is 14.4 Å². The van der Waals surface area contributed by atoms with Crippen molar-refractivity contribution < 1.29 is 38.1 Å². The number of hydrogen-bond donors (Lipinski definition) is 0. The second-order valence-corrected chi connectivity index (χ2v) is 15.8. The summed E-state index contributed by atoms with van der Waals surface area (Å²) in [5.41, 5.74) is 5.21. The predicted octanol–water partition coefficient (Wildman–Crippen LogP) is 12.1. The molecule has 0 heterocycles. The van der Waals surface area contributed by atoms with Crippen molar-refractivity contribution in [1.82, 2.24) is 0 Å². The SMILES string of the molecule is CCC(C)(c1ccc(OC)cc1)c1ccc(OC(=O)c2ccc3cc(C(=O)Oc4ccc(C(C)(CC)c5ccc(OC(=O)c6cccc(C(C)=O)c6)cc5)cc4)ccc3c2)cc1. The molecule has 7 aromatic carbocycles. The molecule has 0 aliphatic carbocycles. The van der Waals surface area contributed by atoms with Crippen molar-refractivity contribution in [1.29, 1.82) is 0 Å². The molecule has 312 valence electrons. The molecule has 2 atom stereocenters. The Balaban J connectivity index is 0.969. The smallest absolute Gasteiger partial charge is 0.343 e. The molecular formula is C54H48O8. The summed E-state index contributed by atoms with van der Waals surface area (Å²) < 4.78 is 22.5. The number of esters is 3. The van der Waals surface area contributed by atoms with Crippen LogP contribution in [0.1, 0.15) is 111 Å². The first kappa shape index (κ1) is 42.8. The number of carbonyl (C=O) groups is 4. The van der Waals surface area contributed by atoms with Gasteiger partial charge in [0.2, 0.25) is 0 Å². The summed E-state index contributed by atoms with van der Waals surface area (Å²) in [6.07, 6.45) is 1.66. The van der Waals surface area contributed by atoms with E-state index in [9.17, 15) is 19.2 Å². The van der Waals surface area contributed by atoms with Gasteiger partial charge in [0.15, 0.2) is 5.78 Å². The maximum absolute atomic E-state index is 13.3. The van der Waals surface area contributed by atoms with Gasteiger partial charge < -0.3 is 18.9 Å². The van der Waals surface area contributed by atoms with E-state index in [1.54, 1.807) is 86.0 Å². The molecule has 2 unspecified atom stereocenters. The number of Topliss-reactive ketones (excluding diaryl/α,β-unsaturated/α-hetero) is 1. The lowest BCUT2D eigenvalue weighted by molar-refractivity contribution is 0.0725. The van der Waals surface area contributed by atoms with Crippen LogP contribution in [0.4, 0.5) is 0 Å². The van der Waals surface area contributed by atoms with E-state index >= 15 is 0 Å². The highest BCUT2D eigenvalue weighted by molar-refractivity contribution is 6.00. The molecule has 0 aromatic heterocycles. The van der Waals surface area contributed by atoms with Gasteiger partial charge in [0.25, 0.3) is 0 Å². The molecule has 7 aromatic rings. The minimum atomic E-state index is -0.542. The van der Waals surface area contributed by atoms with E-state index in [2.05, 4.69) is 39.8 Å². The molecule has 0 aliphatic rings. The first-order valence-electron chi connectivity index (χ1n) is 20.6. The number of fused-ring (bicyclic) bond motifs is 1. The van der Waals surface area contributed by atoms with Crippen molar-refractivity contribution in [3.63, 3.8) is 0 Å². The minimum Gasteiger partial charge on any atom is -0.497 e. The second kappa shape index (κ2) is 18.1. The van der Waals surface area contributed by atoms with Crippen LogP contribution in [0.2, 0.25) is 0 Å². The van der Waals surface area contributed by atoms with Crippen LogP contribution in [0, 0.1) is 0 Å². The van der Waals surface area contributed by atoms with Gasteiger partial charge in [-0.2, -0.15) is 0 Å². The fraction of sp³-hybridized carbons (Fsp3) is 0.185. The Morgan fingerprint density at radius 1 is 0.419 bits per heavy atom. The van der Waals surface area contributed by atoms with Crippen LogP contribution in [0.5, 0.6) is 23.0 Å². The zero-order chi connectivity index (χ0) is 44.0. The molecular weight excluding hydrogens is 777 g/mol. The Bertz CT molecular complexity index is 2750. The molecule has 0 saturated heterocycles. The van der Waals surface area contributed by atoms with Crippen LogP contribution >= 0.6 is 0 Å². The molecule has 62 heavy (non-hydrogen) atoms. The van der Waals surface area contributed by atoms with Crippen LogP contribution in [-0.4, -0.2) is 30.8 Å². The highest BCUT2D eigenvalue weighted by atomic mass is 16.5. The average Bonchev–Trinajstić information content (AvgIpc) is 3.31. The fourth-order valence-electron chi connectivity index (χ4n) is 7.64. The van der Waals surface area contributed by atoms with E-state index in [1.165, 1.54) is 18.6 Å². The third-order valence-corrected chi connectivity index (χ3v) is 12.1. The lowest BCUT2D eigenvalue weighted by atomic mass is 9.74. The van der Waals surface area contributed by atoms with Gasteiger partial charge in [-0.1, -0.05) is 100 Å². The van der Waals surface area contributed by atoms with Gasteiger partial charge in [-0.05, 0) is 138 Å². The Morgan fingerprint density at radius 3 is 1.06 bits per heavy atom. The van der Waals surface area contributed by atoms with Crippen molar-refractivity contribution in [2.75, 3.05) is 7.11 Å². The van der Waals surface area contributed by atoms with Crippen LogP contribution in [0.25, 0.3) is 10.8 Å². The zero-order valence-electron chi connectivity index (χ0n) is 35.7. The molecule has 8 nitrogen and oxygen atoms in total. The summed E-state index contributed by atoms with van der Waals surface area (Å²) in [5.74, 6) is 0.394. The Kier molecular flexibility index (Phi) is 12.5. The van der Waals surface area contributed by atoms with Gasteiger partial charge >= 0.3 is 17.9 Å². The lowest BCUT2D eigenvalue weighted by Crippen LogP contribution is -2.22. The topological polar surface area (TPSA) is 105 Å². The van der Waals surface area contributed by atoms with E-state index in [-0.39, 0.29) is 16.6 Å². The number of benzene rings is 7. The van der Waals surface area contributed by atoms with Gasteiger partial charge in [0, 0.05) is 16.4 Å². The van der Waals surface area contributed by atoms with Crippen LogP contribution in [0.3, 0.4) is 0 Å². The number of methoxy groups -OCH3 is 1. The maximum Gasteiger partial charge on any atom is 0.343 e. The lowest BCUT2D eigenvalue weighted by Gasteiger charge is -2.30. The Morgan fingerprint density at radius 2 is 0.742 bits per heavy atom. The third kappa shape index (κ3) is 9.05. The summed E-state index contributed by atoms with van der Waals surface area (Å²) in [6.45, 7) is 10.0. The van der Waals surface area contributed by atoms with Gasteiger partial charge in [-0.3, -0.25) is 4.79 Å². The highest BCUT2D eigenvalue weighted by Gasteiger charge is 2.29. The van der Waals surface area contributed by atoms with Gasteiger partial charge in [0.1, 0.15) is 23.0 Å². The molecule has 0 amide bonds. The normalized spacial score (nSPS) is 13.0. The number of hydrogen-bond acceptors (Lipinski definition) is 8. The van der Waals surface area contributed by atoms with Crippen molar-refractivity contribution in [3.05, 3.63) is 202 Å².